The Kier molecular flexibility index (Phi) is 4.09. The van der Waals surface area contributed by atoms with Crippen molar-refractivity contribution in [2.75, 3.05) is 13.1 Å². The van der Waals surface area contributed by atoms with Crippen LogP contribution in [0.25, 0.3) is 5.65 Å². The van der Waals surface area contributed by atoms with Gasteiger partial charge in [-0.15, -0.1) is 10.2 Å². The Morgan fingerprint density at radius 2 is 2.28 bits per heavy atom. The molecule has 3 aromatic rings. The summed E-state index contributed by atoms with van der Waals surface area (Å²) in [6.45, 7) is 1.94. The Bertz CT molecular complexity index is 884. The number of likely N-dealkylation sites (tertiary alicyclic amines) is 1. The molecule has 0 saturated carbocycles. The van der Waals surface area contributed by atoms with Gasteiger partial charge in [0.2, 0.25) is 0 Å². The van der Waals surface area contributed by atoms with E-state index in [1.807, 2.05) is 57.8 Å². The Morgan fingerprint density at radius 1 is 1.36 bits per heavy atom. The van der Waals surface area contributed by atoms with Crippen molar-refractivity contribution in [2.45, 2.75) is 19.4 Å². The van der Waals surface area contributed by atoms with Crippen LogP contribution in [0.5, 0.6) is 0 Å². The van der Waals surface area contributed by atoms with Crippen LogP contribution in [0, 0.1) is 5.92 Å². The third-order valence-electron chi connectivity index (χ3n) is 4.64. The second kappa shape index (κ2) is 6.54. The summed E-state index contributed by atoms with van der Waals surface area (Å²) in [5, 5.41) is 15.4. The van der Waals surface area contributed by atoms with Crippen molar-refractivity contribution in [1.29, 1.82) is 0 Å². The molecule has 1 atom stereocenters. The van der Waals surface area contributed by atoms with Gasteiger partial charge < -0.3 is 10.2 Å². The number of carbonyl (C=O) groups is 1. The molecule has 130 valence electrons. The number of nitrogens with one attached hydrogen (secondary N) is 1. The van der Waals surface area contributed by atoms with E-state index in [0.29, 0.717) is 12.5 Å². The van der Waals surface area contributed by atoms with Crippen molar-refractivity contribution in [2.24, 2.45) is 13.0 Å². The van der Waals surface area contributed by atoms with E-state index in [9.17, 15) is 4.79 Å². The molecule has 1 aliphatic heterocycles. The summed E-state index contributed by atoms with van der Waals surface area (Å²) in [7, 11) is 1.92. The van der Waals surface area contributed by atoms with Crippen LogP contribution < -0.4 is 5.32 Å². The fourth-order valence-electron chi connectivity index (χ4n) is 3.37. The number of pyridine rings is 1. The minimum Gasteiger partial charge on any atom is -0.331 e. The number of urea groups is 1. The van der Waals surface area contributed by atoms with E-state index in [2.05, 4.69) is 20.6 Å². The summed E-state index contributed by atoms with van der Waals surface area (Å²) in [6, 6.07) is 5.69. The molecule has 4 heterocycles. The Labute approximate surface area is 145 Å². The molecule has 0 bridgehead atoms. The third kappa shape index (κ3) is 3.33. The molecule has 1 N–H and O–H groups in total. The van der Waals surface area contributed by atoms with Crippen LogP contribution in [0.15, 0.2) is 36.8 Å². The van der Waals surface area contributed by atoms with Gasteiger partial charge in [-0.05, 0) is 36.5 Å². The fraction of sp³-hybridized carbons (Fsp3) is 0.412. The SMILES string of the molecule is Cn1cc(C[C@@H]2CCN(C(=O)NCc3nnc4ccccn34)C2)cn1. The molecule has 2 amide bonds. The first-order valence-corrected chi connectivity index (χ1v) is 8.48. The van der Waals surface area contributed by atoms with E-state index < -0.39 is 0 Å². The monoisotopic (exact) mass is 339 g/mol. The standard InChI is InChI=1S/C17H21N7O/c1-22-11-14(9-19-22)8-13-5-7-23(12-13)17(25)18-10-16-21-20-15-4-2-3-6-24(15)16/h2-4,6,9,11,13H,5,7-8,10,12H2,1H3,(H,18,25)/t13-/m0/s1. The second-order valence-electron chi connectivity index (χ2n) is 6.53. The van der Waals surface area contributed by atoms with Crippen LogP contribution in [0.4, 0.5) is 4.79 Å². The molecule has 0 aromatic carbocycles. The van der Waals surface area contributed by atoms with Gasteiger partial charge in [-0.1, -0.05) is 6.07 Å². The Balaban J connectivity index is 1.31. The highest BCUT2D eigenvalue weighted by atomic mass is 16.2. The van der Waals surface area contributed by atoms with Gasteiger partial charge in [-0.25, -0.2) is 4.79 Å². The zero-order valence-corrected chi connectivity index (χ0v) is 14.2. The molecule has 8 heteroatoms. The Hall–Kier alpha value is -2.90. The molecule has 0 aliphatic carbocycles. The van der Waals surface area contributed by atoms with Crippen LogP contribution in [0.3, 0.4) is 0 Å². The molecule has 4 rings (SSSR count). The largest absolute Gasteiger partial charge is 0.331 e. The fourth-order valence-corrected chi connectivity index (χ4v) is 3.37. The van der Waals surface area contributed by atoms with Gasteiger partial charge in [0.25, 0.3) is 0 Å². The quantitative estimate of drug-likeness (QED) is 0.775. The zero-order valence-electron chi connectivity index (χ0n) is 14.2. The van der Waals surface area contributed by atoms with Crippen molar-refractivity contribution in [3.05, 3.63) is 48.2 Å². The van der Waals surface area contributed by atoms with E-state index >= 15 is 0 Å². The predicted molar refractivity (Wildman–Crippen MR) is 91.8 cm³/mol. The summed E-state index contributed by atoms with van der Waals surface area (Å²) in [4.78, 5) is 14.3. The van der Waals surface area contributed by atoms with Crippen molar-refractivity contribution in [3.8, 4) is 0 Å². The number of nitrogens with zero attached hydrogens (tertiary/aromatic N) is 6. The third-order valence-corrected chi connectivity index (χ3v) is 4.64. The first-order valence-electron chi connectivity index (χ1n) is 8.48. The zero-order chi connectivity index (χ0) is 17.2. The number of hydrogen-bond donors (Lipinski definition) is 1. The molecule has 3 aromatic heterocycles. The molecule has 0 radical (unpaired) electrons. The molecule has 0 spiro atoms. The number of fused-ring (bicyclic) bond motifs is 1. The van der Waals surface area contributed by atoms with Crippen LogP contribution in [0.2, 0.25) is 0 Å². The molecular weight excluding hydrogens is 318 g/mol. The molecule has 1 fully saturated rings. The maximum atomic E-state index is 12.4. The molecular formula is C17H21N7O. The minimum absolute atomic E-state index is 0.0404. The van der Waals surface area contributed by atoms with Gasteiger partial charge in [-0.2, -0.15) is 5.10 Å². The number of aromatic nitrogens is 5. The summed E-state index contributed by atoms with van der Waals surface area (Å²) in [5.74, 6) is 1.22. The average Bonchev–Trinajstić information content (AvgIpc) is 3.33. The van der Waals surface area contributed by atoms with Crippen LogP contribution in [-0.2, 0) is 20.0 Å². The second-order valence-corrected chi connectivity index (χ2v) is 6.53. The van der Waals surface area contributed by atoms with Crippen molar-refractivity contribution >= 4 is 11.7 Å². The number of carbonyl (C=O) groups excluding carboxylic acids is 1. The lowest BCUT2D eigenvalue weighted by molar-refractivity contribution is 0.206. The van der Waals surface area contributed by atoms with E-state index in [4.69, 9.17) is 0 Å². The van der Waals surface area contributed by atoms with Gasteiger partial charge in [0, 0.05) is 32.5 Å². The number of rotatable bonds is 4. The lowest BCUT2D eigenvalue weighted by Gasteiger charge is -2.17. The van der Waals surface area contributed by atoms with Crippen molar-refractivity contribution in [1.82, 2.24) is 34.6 Å². The van der Waals surface area contributed by atoms with E-state index in [0.717, 1.165) is 37.4 Å². The Morgan fingerprint density at radius 3 is 3.12 bits per heavy atom. The minimum atomic E-state index is -0.0404. The predicted octanol–water partition coefficient (Wildman–Crippen LogP) is 1.24. The first-order chi connectivity index (χ1) is 12.2. The van der Waals surface area contributed by atoms with Crippen molar-refractivity contribution in [3.63, 3.8) is 0 Å². The lowest BCUT2D eigenvalue weighted by Crippen LogP contribution is -2.38. The van der Waals surface area contributed by atoms with Crippen molar-refractivity contribution < 1.29 is 4.79 Å². The van der Waals surface area contributed by atoms with Gasteiger partial charge in [0.1, 0.15) is 0 Å². The molecule has 1 saturated heterocycles. The molecule has 25 heavy (non-hydrogen) atoms. The van der Waals surface area contributed by atoms with Crippen LogP contribution in [0.1, 0.15) is 17.8 Å². The summed E-state index contributed by atoms with van der Waals surface area (Å²) in [6.07, 6.45) is 7.83. The van der Waals surface area contributed by atoms with E-state index in [1.54, 1.807) is 0 Å². The van der Waals surface area contributed by atoms with E-state index in [-0.39, 0.29) is 6.03 Å². The number of aryl methyl sites for hydroxylation is 1. The van der Waals surface area contributed by atoms with Gasteiger partial charge in [0.05, 0.1) is 12.7 Å². The first kappa shape index (κ1) is 15.6. The summed E-state index contributed by atoms with van der Waals surface area (Å²) in [5.41, 5.74) is 2.01. The summed E-state index contributed by atoms with van der Waals surface area (Å²) >= 11 is 0. The smallest absolute Gasteiger partial charge is 0.317 e. The topological polar surface area (TPSA) is 80.4 Å². The van der Waals surface area contributed by atoms with Crippen LogP contribution >= 0.6 is 0 Å². The lowest BCUT2D eigenvalue weighted by atomic mass is 10.0. The maximum absolute atomic E-state index is 12.4. The number of amides is 2. The molecule has 1 aliphatic rings. The highest BCUT2D eigenvalue weighted by Crippen LogP contribution is 2.20. The molecule has 0 unspecified atom stereocenters. The van der Waals surface area contributed by atoms with E-state index in [1.165, 1.54) is 5.56 Å². The van der Waals surface area contributed by atoms with Gasteiger partial charge >= 0.3 is 6.03 Å². The number of hydrogen-bond acceptors (Lipinski definition) is 4. The normalized spacial score (nSPS) is 17.3. The van der Waals surface area contributed by atoms with Crippen LogP contribution in [-0.4, -0.2) is 48.4 Å². The highest BCUT2D eigenvalue weighted by molar-refractivity contribution is 5.74. The van der Waals surface area contributed by atoms with Gasteiger partial charge in [-0.3, -0.25) is 9.08 Å². The average molecular weight is 339 g/mol. The molecule has 8 nitrogen and oxygen atoms in total. The highest BCUT2D eigenvalue weighted by Gasteiger charge is 2.26. The maximum Gasteiger partial charge on any atom is 0.317 e. The summed E-state index contributed by atoms with van der Waals surface area (Å²) < 4.78 is 3.70. The van der Waals surface area contributed by atoms with Gasteiger partial charge in [0.15, 0.2) is 11.5 Å².